The van der Waals surface area contributed by atoms with Crippen LogP contribution in [0.4, 0.5) is 5.69 Å². The van der Waals surface area contributed by atoms with Gasteiger partial charge >= 0.3 is 0 Å². The van der Waals surface area contributed by atoms with Crippen molar-refractivity contribution in [3.63, 3.8) is 0 Å². The Balaban J connectivity index is 1.77. The first kappa shape index (κ1) is 15.3. The van der Waals surface area contributed by atoms with Gasteiger partial charge in [-0.25, -0.2) is 15.0 Å². The highest BCUT2D eigenvalue weighted by atomic mass is 32.1. The number of hydrogen-bond donors (Lipinski definition) is 2. The van der Waals surface area contributed by atoms with Gasteiger partial charge < -0.3 is 10.2 Å². The SMILES string of the molecule is Cn1c(O)c(C=C2N=c3ccccc3=N2)sc1=Nc1ccc(O)cc1. The second-order valence-electron chi connectivity index (χ2n) is 5.47. The minimum Gasteiger partial charge on any atom is -0.508 e. The van der Waals surface area contributed by atoms with Gasteiger partial charge in [0, 0.05) is 13.1 Å². The summed E-state index contributed by atoms with van der Waals surface area (Å²) in [5.74, 6) is 0.845. The number of thiazole rings is 1. The Kier molecular flexibility index (Phi) is 3.70. The van der Waals surface area contributed by atoms with Gasteiger partial charge in [-0.3, -0.25) is 4.57 Å². The molecule has 2 heterocycles. The Morgan fingerprint density at radius 3 is 2.28 bits per heavy atom. The Labute approximate surface area is 146 Å². The van der Waals surface area contributed by atoms with Gasteiger partial charge in [-0.15, -0.1) is 0 Å². The normalized spacial score (nSPS) is 13.3. The third-order valence-electron chi connectivity index (χ3n) is 3.71. The summed E-state index contributed by atoms with van der Waals surface area (Å²) in [4.78, 5) is 14.6. The molecule has 0 bridgehead atoms. The van der Waals surface area contributed by atoms with Crippen molar-refractivity contribution < 1.29 is 10.2 Å². The van der Waals surface area contributed by atoms with Crippen molar-refractivity contribution in [2.45, 2.75) is 0 Å². The summed E-state index contributed by atoms with van der Waals surface area (Å²) in [6, 6.07) is 14.2. The number of phenols is 1. The zero-order valence-corrected chi connectivity index (χ0v) is 14.1. The van der Waals surface area contributed by atoms with E-state index in [-0.39, 0.29) is 11.6 Å². The largest absolute Gasteiger partial charge is 0.508 e. The third kappa shape index (κ3) is 2.97. The molecule has 124 valence electrons. The second-order valence-corrected chi connectivity index (χ2v) is 6.48. The standard InChI is InChI=1S/C18H14N4O2S/c1-22-17(24)15(10-16-20-13-4-2-3-5-14(13)21-16)25-18(22)19-11-6-8-12(23)9-7-11/h2-10,23-24H,1H3. The Bertz CT molecular complexity index is 1130. The van der Waals surface area contributed by atoms with Gasteiger partial charge in [0.2, 0.25) is 5.88 Å². The molecule has 0 fully saturated rings. The molecule has 0 amide bonds. The molecule has 3 aromatic rings. The molecule has 6 nitrogen and oxygen atoms in total. The number of nitrogens with zero attached hydrogens (tertiary/aromatic N) is 4. The number of para-hydroxylation sites is 2. The van der Waals surface area contributed by atoms with Gasteiger partial charge in [-0.1, -0.05) is 23.5 Å². The predicted molar refractivity (Wildman–Crippen MR) is 95.0 cm³/mol. The van der Waals surface area contributed by atoms with E-state index in [1.807, 2.05) is 24.3 Å². The van der Waals surface area contributed by atoms with Crippen LogP contribution in [-0.4, -0.2) is 14.8 Å². The van der Waals surface area contributed by atoms with Crippen LogP contribution < -0.4 is 15.5 Å². The fourth-order valence-electron chi connectivity index (χ4n) is 2.40. The zero-order valence-electron chi connectivity index (χ0n) is 13.3. The lowest BCUT2D eigenvalue weighted by molar-refractivity contribution is 0.427. The molecule has 0 aliphatic carbocycles. The molecule has 1 aliphatic heterocycles. The van der Waals surface area contributed by atoms with Crippen molar-refractivity contribution in [2.75, 3.05) is 0 Å². The zero-order chi connectivity index (χ0) is 17.4. The summed E-state index contributed by atoms with van der Waals surface area (Å²) < 4.78 is 1.60. The van der Waals surface area contributed by atoms with Crippen molar-refractivity contribution in [3.05, 3.63) is 74.7 Å². The number of fused-ring (bicyclic) bond motifs is 1. The lowest BCUT2D eigenvalue weighted by atomic mass is 10.3. The maximum atomic E-state index is 10.4. The minimum absolute atomic E-state index is 0.108. The van der Waals surface area contributed by atoms with Crippen LogP contribution in [0.2, 0.25) is 0 Å². The second kappa shape index (κ2) is 6.03. The van der Waals surface area contributed by atoms with Gasteiger partial charge in [0.15, 0.2) is 10.6 Å². The van der Waals surface area contributed by atoms with Crippen LogP contribution in [0.25, 0.3) is 6.08 Å². The van der Waals surface area contributed by atoms with Gasteiger partial charge in [0.1, 0.15) is 5.75 Å². The maximum Gasteiger partial charge on any atom is 0.211 e. The Morgan fingerprint density at radius 1 is 1.00 bits per heavy atom. The van der Waals surface area contributed by atoms with E-state index in [2.05, 4.69) is 15.0 Å². The molecule has 2 aromatic carbocycles. The van der Waals surface area contributed by atoms with Gasteiger partial charge in [-0.2, -0.15) is 0 Å². The van der Waals surface area contributed by atoms with Crippen LogP contribution in [0, 0.1) is 0 Å². The van der Waals surface area contributed by atoms with E-state index in [4.69, 9.17) is 0 Å². The number of rotatable bonds is 2. The summed E-state index contributed by atoms with van der Waals surface area (Å²) in [6.07, 6.45) is 1.75. The summed E-state index contributed by atoms with van der Waals surface area (Å²) in [7, 11) is 1.74. The fourth-order valence-corrected chi connectivity index (χ4v) is 3.37. The van der Waals surface area contributed by atoms with E-state index < -0.39 is 0 Å². The monoisotopic (exact) mass is 350 g/mol. The number of aromatic hydroxyl groups is 2. The third-order valence-corrected chi connectivity index (χ3v) is 4.78. The topological polar surface area (TPSA) is 82.5 Å². The first-order valence-electron chi connectivity index (χ1n) is 7.57. The summed E-state index contributed by atoms with van der Waals surface area (Å²) in [5, 5.41) is 21.4. The molecule has 1 aliphatic rings. The molecule has 0 atom stereocenters. The van der Waals surface area contributed by atoms with E-state index >= 15 is 0 Å². The van der Waals surface area contributed by atoms with Crippen LogP contribution in [0.1, 0.15) is 4.88 Å². The molecule has 7 heteroatoms. The van der Waals surface area contributed by atoms with Crippen LogP contribution in [0.5, 0.6) is 11.6 Å². The van der Waals surface area contributed by atoms with Crippen molar-refractivity contribution in [2.24, 2.45) is 22.0 Å². The summed E-state index contributed by atoms with van der Waals surface area (Å²) >= 11 is 1.34. The molecule has 4 rings (SSSR count). The molecule has 0 unspecified atom stereocenters. The molecule has 1 aromatic heterocycles. The van der Waals surface area contributed by atoms with Crippen LogP contribution in [0.15, 0.2) is 69.3 Å². The van der Waals surface area contributed by atoms with Crippen molar-refractivity contribution in [3.8, 4) is 11.6 Å². The highest BCUT2D eigenvalue weighted by molar-refractivity contribution is 7.10. The fraction of sp³-hybridized carbons (Fsp3) is 0.0556. The first-order chi connectivity index (χ1) is 12.1. The van der Waals surface area contributed by atoms with E-state index in [1.54, 1.807) is 42.0 Å². The summed E-state index contributed by atoms with van der Waals surface area (Å²) in [6.45, 7) is 0. The number of benzene rings is 2. The number of phenolic OH excluding ortho intramolecular Hbond substituents is 1. The molecule has 2 N–H and O–H groups in total. The maximum absolute atomic E-state index is 10.4. The lowest BCUT2D eigenvalue weighted by Crippen LogP contribution is -2.19. The molecule has 0 radical (unpaired) electrons. The number of aromatic nitrogens is 1. The Morgan fingerprint density at radius 2 is 1.64 bits per heavy atom. The predicted octanol–water partition coefficient (Wildman–Crippen LogP) is 1.98. The van der Waals surface area contributed by atoms with Gasteiger partial charge in [-0.05, 0) is 36.4 Å². The van der Waals surface area contributed by atoms with E-state index in [9.17, 15) is 10.2 Å². The van der Waals surface area contributed by atoms with Gasteiger partial charge in [0.05, 0.1) is 21.3 Å². The van der Waals surface area contributed by atoms with Crippen LogP contribution in [0.3, 0.4) is 0 Å². The highest BCUT2D eigenvalue weighted by Gasteiger charge is 2.10. The molecule has 0 spiro atoms. The average Bonchev–Trinajstić information content (AvgIpc) is 3.13. The van der Waals surface area contributed by atoms with E-state index in [1.165, 1.54) is 11.3 Å². The van der Waals surface area contributed by atoms with Gasteiger partial charge in [0.25, 0.3) is 0 Å². The van der Waals surface area contributed by atoms with Crippen molar-refractivity contribution in [1.82, 2.24) is 4.57 Å². The highest BCUT2D eigenvalue weighted by Crippen LogP contribution is 2.24. The molecular weight excluding hydrogens is 336 g/mol. The van der Waals surface area contributed by atoms with Crippen LogP contribution in [-0.2, 0) is 7.05 Å². The van der Waals surface area contributed by atoms with E-state index in [0.29, 0.717) is 21.2 Å². The average molecular weight is 350 g/mol. The molecule has 25 heavy (non-hydrogen) atoms. The molecule has 0 saturated heterocycles. The first-order valence-corrected chi connectivity index (χ1v) is 8.38. The quantitative estimate of drug-likeness (QED) is 0.741. The van der Waals surface area contributed by atoms with Crippen molar-refractivity contribution in [1.29, 1.82) is 0 Å². The minimum atomic E-state index is 0.108. The molecular formula is C18H14N4O2S. The number of hydrogen-bond acceptors (Lipinski definition) is 6. The van der Waals surface area contributed by atoms with E-state index in [0.717, 1.165) is 10.7 Å². The van der Waals surface area contributed by atoms with Crippen LogP contribution >= 0.6 is 11.3 Å². The summed E-state index contributed by atoms with van der Waals surface area (Å²) in [5.41, 5.74) is 0.691. The Hall–Kier alpha value is -3.19. The van der Waals surface area contributed by atoms with Crippen molar-refractivity contribution >= 4 is 23.1 Å². The smallest absolute Gasteiger partial charge is 0.211 e. The lowest BCUT2D eigenvalue weighted by Gasteiger charge is -1.96. The molecule has 0 saturated carbocycles.